The fourth-order valence-electron chi connectivity index (χ4n) is 2.25. The van der Waals surface area contributed by atoms with Crippen LogP contribution in [0.15, 0.2) is 6.07 Å². The summed E-state index contributed by atoms with van der Waals surface area (Å²) in [6, 6.07) is 1.84. The van der Waals surface area contributed by atoms with Gasteiger partial charge in [-0.15, -0.1) is 0 Å². The fourth-order valence-corrected chi connectivity index (χ4v) is 2.25. The number of hydrogen-bond acceptors (Lipinski definition) is 7. The van der Waals surface area contributed by atoms with Crippen molar-refractivity contribution < 1.29 is 9.47 Å². The molecule has 1 aromatic heterocycles. The number of nitrogens with zero attached hydrogens (tertiary/aromatic N) is 3. The molecule has 0 bridgehead atoms. The van der Waals surface area contributed by atoms with Crippen LogP contribution in [0.3, 0.4) is 0 Å². The fraction of sp³-hybridized carbons (Fsp3) is 0.667. The monoisotopic (exact) mass is 267 g/mol. The summed E-state index contributed by atoms with van der Waals surface area (Å²) in [4.78, 5) is 10.9. The third kappa shape index (κ3) is 3.52. The van der Waals surface area contributed by atoms with Gasteiger partial charge in [0.05, 0.1) is 6.10 Å². The minimum absolute atomic E-state index is 0.254. The van der Waals surface area contributed by atoms with Crippen molar-refractivity contribution in [2.45, 2.75) is 25.6 Å². The molecule has 0 aliphatic carbocycles. The van der Waals surface area contributed by atoms with Gasteiger partial charge in [0.25, 0.3) is 0 Å². The topological polar surface area (TPSA) is 85.5 Å². The van der Waals surface area contributed by atoms with Gasteiger partial charge in [0.1, 0.15) is 18.2 Å². The van der Waals surface area contributed by atoms with E-state index >= 15 is 0 Å². The lowest BCUT2D eigenvalue weighted by atomic mass is 10.1. The number of hydrogen-bond donors (Lipinski definition) is 2. The maximum Gasteiger partial charge on any atom is 0.158 e. The van der Waals surface area contributed by atoms with Gasteiger partial charge < -0.3 is 19.8 Å². The standard InChI is InChI=1S/C12H21N5O2/c1-18-8-11-14-10(16-13)6-12(15-11)17-5-3-4-9(7-17)19-2/h6,9H,3-5,7-8,13H2,1-2H3,(H,14,15,16). The molecular weight excluding hydrogens is 246 g/mol. The maximum absolute atomic E-state index is 5.44. The molecule has 2 heterocycles. The number of nitrogens with one attached hydrogen (secondary N) is 1. The van der Waals surface area contributed by atoms with Crippen molar-refractivity contribution in [3.8, 4) is 0 Å². The Bertz CT molecular complexity index is 415. The molecule has 1 saturated heterocycles. The van der Waals surface area contributed by atoms with Crippen LogP contribution in [0.5, 0.6) is 0 Å². The van der Waals surface area contributed by atoms with Gasteiger partial charge in [-0.2, -0.15) is 0 Å². The molecule has 0 saturated carbocycles. The van der Waals surface area contributed by atoms with Crippen LogP contribution in [0.4, 0.5) is 11.6 Å². The Balaban J connectivity index is 2.19. The summed E-state index contributed by atoms with van der Waals surface area (Å²) >= 11 is 0. The van der Waals surface area contributed by atoms with E-state index in [-0.39, 0.29) is 6.10 Å². The highest BCUT2D eigenvalue weighted by Crippen LogP contribution is 2.21. The molecule has 2 rings (SSSR count). The van der Waals surface area contributed by atoms with Gasteiger partial charge in [0.2, 0.25) is 0 Å². The average molecular weight is 267 g/mol. The molecule has 1 aromatic rings. The van der Waals surface area contributed by atoms with Gasteiger partial charge in [-0.1, -0.05) is 0 Å². The second kappa shape index (κ2) is 6.65. The Kier molecular flexibility index (Phi) is 4.89. The van der Waals surface area contributed by atoms with E-state index in [1.54, 1.807) is 14.2 Å². The Hall–Kier alpha value is -1.44. The zero-order valence-corrected chi connectivity index (χ0v) is 11.4. The van der Waals surface area contributed by atoms with E-state index in [2.05, 4.69) is 20.3 Å². The maximum atomic E-state index is 5.44. The second-order valence-corrected chi connectivity index (χ2v) is 4.55. The molecule has 0 amide bonds. The predicted octanol–water partition coefficient (Wildman–Crippen LogP) is 0.524. The molecule has 1 aliphatic rings. The molecule has 7 heteroatoms. The Morgan fingerprint density at radius 3 is 3.00 bits per heavy atom. The number of ether oxygens (including phenoxy) is 2. The number of hydrazine groups is 1. The highest BCUT2D eigenvalue weighted by molar-refractivity contribution is 5.49. The third-order valence-electron chi connectivity index (χ3n) is 3.22. The highest BCUT2D eigenvalue weighted by Gasteiger charge is 2.21. The lowest BCUT2D eigenvalue weighted by molar-refractivity contribution is 0.0891. The van der Waals surface area contributed by atoms with Crippen molar-refractivity contribution >= 4 is 11.6 Å². The van der Waals surface area contributed by atoms with Crippen LogP contribution < -0.4 is 16.2 Å². The summed E-state index contributed by atoms with van der Waals surface area (Å²) in [6.45, 7) is 2.17. The van der Waals surface area contributed by atoms with Gasteiger partial charge in [0, 0.05) is 33.4 Å². The summed E-state index contributed by atoms with van der Waals surface area (Å²) in [5.41, 5.74) is 2.57. The molecule has 1 fully saturated rings. The molecule has 19 heavy (non-hydrogen) atoms. The van der Waals surface area contributed by atoms with Crippen LogP contribution >= 0.6 is 0 Å². The van der Waals surface area contributed by atoms with E-state index in [0.717, 1.165) is 31.7 Å². The lowest BCUT2D eigenvalue weighted by Gasteiger charge is -2.33. The smallest absolute Gasteiger partial charge is 0.158 e. The number of aromatic nitrogens is 2. The number of rotatable bonds is 5. The van der Waals surface area contributed by atoms with Crippen LogP contribution in [-0.2, 0) is 16.1 Å². The quantitative estimate of drug-likeness (QED) is 0.594. The van der Waals surface area contributed by atoms with E-state index in [9.17, 15) is 0 Å². The highest BCUT2D eigenvalue weighted by atomic mass is 16.5. The second-order valence-electron chi connectivity index (χ2n) is 4.55. The Morgan fingerprint density at radius 1 is 1.47 bits per heavy atom. The van der Waals surface area contributed by atoms with E-state index in [0.29, 0.717) is 18.2 Å². The van der Waals surface area contributed by atoms with Gasteiger partial charge in [-0.25, -0.2) is 15.8 Å². The average Bonchev–Trinajstić information content (AvgIpc) is 2.47. The summed E-state index contributed by atoms with van der Waals surface area (Å²) in [5.74, 6) is 7.51. The molecule has 0 spiro atoms. The summed E-state index contributed by atoms with van der Waals surface area (Å²) < 4.78 is 10.5. The number of nitrogens with two attached hydrogens (primary N) is 1. The summed E-state index contributed by atoms with van der Waals surface area (Å²) in [7, 11) is 3.37. The molecule has 1 aliphatic heterocycles. The minimum atomic E-state index is 0.254. The largest absolute Gasteiger partial charge is 0.380 e. The molecule has 1 atom stereocenters. The van der Waals surface area contributed by atoms with Crippen LogP contribution in [0.25, 0.3) is 0 Å². The van der Waals surface area contributed by atoms with Crippen LogP contribution in [0, 0.1) is 0 Å². The first-order valence-electron chi connectivity index (χ1n) is 6.38. The van der Waals surface area contributed by atoms with Gasteiger partial charge in [0.15, 0.2) is 5.82 Å². The van der Waals surface area contributed by atoms with E-state index < -0.39 is 0 Å². The molecule has 3 N–H and O–H groups in total. The van der Waals surface area contributed by atoms with Crippen LogP contribution in [0.1, 0.15) is 18.7 Å². The van der Waals surface area contributed by atoms with Crippen LogP contribution in [-0.4, -0.2) is 43.4 Å². The number of piperidine rings is 1. The Labute approximate surface area is 113 Å². The zero-order chi connectivity index (χ0) is 13.7. The summed E-state index contributed by atoms with van der Waals surface area (Å²) in [5, 5.41) is 0. The zero-order valence-electron chi connectivity index (χ0n) is 11.4. The molecule has 0 aromatic carbocycles. The molecule has 0 radical (unpaired) electrons. The first kappa shape index (κ1) is 14.0. The SMILES string of the molecule is COCc1nc(NN)cc(N2CCCC(OC)C2)n1. The third-order valence-corrected chi connectivity index (χ3v) is 3.22. The number of nitrogen functional groups attached to an aromatic ring is 1. The Morgan fingerprint density at radius 2 is 2.32 bits per heavy atom. The minimum Gasteiger partial charge on any atom is -0.380 e. The van der Waals surface area contributed by atoms with Crippen molar-refractivity contribution in [1.82, 2.24) is 9.97 Å². The van der Waals surface area contributed by atoms with E-state index in [1.165, 1.54) is 0 Å². The number of methoxy groups -OCH3 is 2. The number of anilines is 2. The van der Waals surface area contributed by atoms with E-state index in [4.69, 9.17) is 15.3 Å². The van der Waals surface area contributed by atoms with Crippen molar-refractivity contribution in [2.24, 2.45) is 5.84 Å². The van der Waals surface area contributed by atoms with Crippen molar-refractivity contribution in [2.75, 3.05) is 37.6 Å². The first-order chi connectivity index (χ1) is 9.26. The lowest BCUT2D eigenvalue weighted by Crippen LogP contribution is -2.39. The van der Waals surface area contributed by atoms with Crippen LogP contribution in [0.2, 0.25) is 0 Å². The van der Waals surface area contributed by atoms with Gasteiger partial charge in [-0.3, -0.25) is 0 Å². The normalized spacial score (nSPS) is 19.5. The first-order valence-corrected chi connectivity index (χ1v) is 6.38. The van der Waals surface area contributed by atoms with Gasteiger partial charge in [-0.05, 0) is 12.8 Å². The molecule has 1 unspecified atom stereocenters. The molecule has 106 valence electrons. The van der Waals surface area contributed by atoms with Crippen molar-refractivity contribution in [3.05, 3.63) is 11.9 Å². The summed E-state index contributed by atoms with van der Waals surface area (Å²) in [6.07, 6.45) is 2.43. The van der Waals surface area contributed by atoms with Crippen molar-refractivity contribution in [1.29, 1.82) is 0 Å². The van der Waals surface area contributed by atoms with E-state index in [1.807, 2.05) is 6.07 Å². The predicted molar refractivity (Wildman–Crippen MR) is 72.8 cm³/mol. The molecule has 7 nitrogen and oxygen atoms in total. The molecular formula is C12H21N5O2. The van der Waals surface area contributed by atoms with Crippen molar-refractivity contribution in [3.63, 3.8) is 0 Å². The van der Waals surface area contributed by atoms with Gasteiger partial charge >= 0.3 is 0 Å².